The average Bonchev–Trinajstić information content (AvgIpc) is 1.99. The zero-order valence-electron chi connectivity index (χ0n) is 7.46. The third kappa shape index (κ3) is 1.15. The van der Waals surface area contributed by atoms with E-state index in [-0.39, 0.29) is 12.1 Å². The first-order chi connectivity index (χ1) is 6.21. The van der Waals surface area contributed by atoms with Gasteiger partial charge in [0.05, 0.1) is 10.3 Å². The summed E-state index contributed by atoms with van der Waals surface area (Å²) in [6.45, 7) is -4.11. The van der Waals surface area contributed by atoms with E-state index in [4.69, 9.17) is 27.0 Å². The minimum Gasteiger partial charge on any atom is -0.326 e. The summed E-state index contributed by atoms with van der Waals surface area (Å²) < 4.78 is 10.3. The van der Waals surface area contributed by atoms with Gasteiger partial charge in [0, 0.05) is 12.1 Å². The van der Waals surface area contributed by atoms with E-state index in [2.05, 4.69) is 0 Å². The Bertz CT molecular complexity index is 307. The SMILES string of the molecule is NC1CC2(SP(=O)(O)O)CC(N)C12N. The number of hydrogen-bond donors (Lipinski definition) is 5. The molecule has 14 heavy (non-hydrogen) atoms. The van der Waals surface area contributed by atoms with E-state index in [1.807, 2.05) is 0 Å². The second kappa shape index (κ2) is 2.74. The van der Waals surface area contributed by atoms with Crippen LogP contribution in [0.2, 0.25) is 0 Å². The van der Waals surface area contributed by atoms with Crippen LogP contribution < -0.4 is 17.2 Å². The standard InChI is InChI=1S/C6H14N3O3PS/c7-3-1-5(14-13(10,11)12)2-4(8)6(3,5)9/h3-4H,1-2,7-9H2,(H2,10,11,12). The molecule has 2 atom stereocenters. The maximum atomic E-state index is 10.9. The smallest absolute Gasteiger partial charge is 0.326 e. The third-order valence-electron chi connectivity index (χ3n) is 3.41. The first-order valence-corrected chi connectivity index (χ1v) is 7.31. The Kier molecular flexibility index (Phi) is 2.13. The lowest BCUT2D eigenvalue weighted by Crippen LogP contribution is -2.92. The Morgan fingerprint density at radius 2 is 1.71 bits per heavy atom. The second-order valence-corrected chi connectivity index (χ2v) is 8.05. The molecule has 8 N–H and O–H groups in total. The van der Waals surface area contributed by atoms with E-state index >= 15 is 0 Å². The van der Waals surface area contributed by atoms with Crippen LogP contribution >= 0.6 is 18.2 Å². The Labute approximate surface area is 85.5 Å². The summed E-state index contributed by atoms with van der Waals surface area (Å²) >= 11 is 0.629. The highest BCUT2D eigenvalue weighted by atomic mass is 32.7. The highest BCUT2D eigenvalue weighted by Gasteiger charge is 2.74. The molecule has 0 aromatic rings. The molecule has 2 unspecified atom stereocenters. The molecular weight excluding hydrogens is 225 g/mol. The summed E-state index contributed by atoms with van der Waals surface area (Å²) in [6, 6.07) is -0.490. The topological polar surface area (TPSA) is 136 Å². The molecular formula is C6H14N3O3PS. The molecule has 8 heteroatoms. The first kappa shape index (κ1) is 10.9. The predicted octanol–water partition coefficient (Wildman–Crippen LogP) is -1.29. The Hall–Kier alpha value is 0.380. The highest BCUT2D eigenvalue weighted by Crippen LogP contribution is 2.71. The van der Waals surface area contributed by atoms with Gasteiger partial charge in [0.2, 0.25) is 0 Å². The summed E-state index contributed by atoms with van der Waals surface area (Å²) in [7, 11) is 0. The molecule has 2 aliphatic rings. The zero-order valence-corrected chi connectivity index (χ0v) is 9.17. The predicted molar refractivity (Wildman–Crippen MR) is 54.5 cm³/mol. The van der Waals surface area contributed by atoms with Gasteiger partial charge in [-0.3, -0.25) is 0 Å². The molecule has 82 valence electrons. The van der Waals surface area contributed by atoms with Gasteiger partial charge >= 0.3 is 6.80 Å². The molecule has 0 amide bonds. The van der Waals surface area contributed by atoms with E-state index in [1.54, 1.807) is 0 Å². The van der Waals surface area contributed by atoms with E-state index in [0.717, 1.165) is 0 Å². The molecule has 2 aliphatic carbocycles. The van der Waals surface area contributed by atoms with Crippen LogP contribution in [0.15, 0.2) is 0 Å². The number of rotatable bonds is 2. The summed E-state index contributed by atoms with van der Waals surface area (Å²) in [6.07, 6.45) is 1.07. The van der Waals surface area contributed by atoms with Crippen molar-refractivity contribution >= 4 is 18.2 Å². The zero-order chi connectivity index (χ0) is 10.8. The van der Waals surface area contributed by atoms with Gasteiger partial charge in [-0.2, -0.15) is 0 Å². The summed E-state index contributed by atoms with van der Waals surface area (Å²) in [5.74, 6) is 0. The third-order valence-corrected chi connectivity index (χ3v) is 6.45. The quantitative estimate of drug-likeness (QED) is 0.378. The average molecular weight is 239 g/mol. The first-order valence-electron chi connectivity index (χ1n) is 4.28. The Morgan fingerprint density at radius 3 is 2.00 bits per heavy atom. The van der Waals surface area contributed by atoms with Crippen LogP contribution in [0.4, 0.5) is 0 Å². The van der Waals surface area contributed by atoms with Crippen LogP contribution in [-0.4, -0.2) is 32.2 Å². The Balaban J connectivity index is 2.18. The lowest BCUT2D eigenvalue weighted by Gasteiger charge is -2.71. The van der Waals surface area contributed by atoms with Gasteiger partial charge in [-0.05, 0) is 24.2 Å². The van der Waals surface area contributed by atoms with Gasteiger partial charge in [-0.15, -0.1) is 0 Å². The van der Waals surface area contributed by atoms with Gasteiger partial charge in [-0.25, -0.2) is 4.57 Å². The summed E-state index contributed by atoms with van der Waals surface area (Å²) in [5, 5.41) is 0. The lowest BCUT2D eigenvalue weighted by molar-refractivity contribution is -0.00193. The van der Waals surface area contributed by atoms with Crippen molar-refractivity contribution in [2.24, 2.45) is 17.2 Å². The highest BCUT2D eigenvalue weighted by molar-refractivity contribution is 8.55. The molecule has 2 rings (SSSR count). The molecule has 0 bridgehead atoms. The van der Waals surface area contributed by atoms with Crippen molar-refractivity contribution < 1.29 is 14.4 Å². The van der Waals surface area contributed by atoms with Crippen molar-refractivity contribution in [1.82, 2.24) is 0 Å². The fourth-order valence-electron chi connectivity index (χ4n) is 2.55. The van der Waals surface area contributed by atoms with E-state index in [0.29, 0.717) is 24.2 Å². The Morgan fingerprint density at radius 1 is 1.29 bits per heavy atom. The number of hydrogen-bond acceptors (Lipinski definition) is 5. The van der Waals surface area contributed by atoms with Crippen molar-refractivity contribution in [3.63, 3.8) is 0 Å². The van der Waals surface area contributed by atoms with E-state index < -0.39 is 17.1 Å². The maximum Gasteiger partial charge on any atom is 0.384 e. The second-order valence-electron chi connectivity index (χ2n) is 4.13. The van der Waals surface area contributed by atoms with Crippen molar-refractivity contribution in [1.29, 1.82) is 0 Å². The molecule has 0 heterocycles. The normalized spacial score (nSPS) is 51.8. The van der Waals surface area contributed by atoms with Crippen LogP contribution in [-0.2, 0) is 4.57 Å². The molecule has 0 spiro atoms. The number of nitrogens with two attached hydrogens (primary N) is 3. The molecule has 6 nitrogen and oxygen atoms in total. The molecule has 2 saturated carbocycles. The van der Waals surface area contributed by atoms with Crippen molar-refractivity contribution in [2.45, 2.75) is 35.2 Å². The summed E-state index contributed by atoms with van der Waals surface area (Å²) in [5.41, 5.74) is 16.6. The molecule has 0 saturated heterocycles. The molecule has 2 fully saturated rings. The number of fused-ring (bicyclic) bond motifs is 1. The fraction of sp³-hybridized carbons (Fsp3) is 1.00. The van der Waals surface area contributed by atoms with Gasteiger partial charge in [-0.1, -0.05) is 0 Å². The fourth-order valence-corrected chi connectivity index (χ4v) is 6.27. The van der Waals surface area contributed by atoms with Gasteiger partial charge in [0.25, 0.3) is 0 Å². The van der Waals surface area contributed by atoms with Crippen molar-refractivity contribution in [3.05, 3.63) is 0 Å². The van der Waals surface area contributed by atoms with E-state index in [1.165, 1.54) is 0 Å². The van der Waals surface area contributed by atoms with Gasteiger partial charge < -0.3 is 27.0 Å². The van der Waals surface area contributed by atoms with Crippen molar-refractivity contribution in [2.75, 3.05) is 0 Å². The van der Waals surface area contributed by atoms with Crippen molar-refractivity contribution in [3.8, 4) is 0 Å². The van der Waals surface area contributed by atoms with Crippen LogP contribution in [0.1, 0.15) is 12.8 Å². The van der Waals surface area contributed by atoms with E-state index in [9.17, 15) is 4.57 Å². The van der Waals surface area contributed by atoms with Crippen LogP contribution in [0.25, 0.3) is 0 Å². The lowest BCUT2D eigenvalue weighted by atomic mass is 9.47. The molecule has 0 aromatic heterocycles. The van der Waals surface area contributed by atoms with Crippen LogP contribution in [0.5, 0.6) is 0 Å². The maximum absolute atomic E-state index is 10.9. The minimum absolute atomic E-state index is 0.245. The summed E-state index contributed by atoms with van der Waals surface area (Å²) in [4.78, 5) is 17.8. The van der Waals surface area contributed by atoms with Gasteiger partial charge in [0.1, 0.15) is 0 Å². The minimum atomic E-state index is -4.11. The largest absolute Gasteiger partial charge is 0.384 e. The monoisotopic (exact) mass is 239 g/mol. The molecule has 0 aromatic carbocycles. The van der Waals surface area contributed by atoms with Crippen LogP contribution in [0, 0.1) is 0 Å². The molecule has 0 aliphatic heterocycles. The van der Waals surface area contributed by atoms with Gasteiger partial charge in [0.15, 0.2) is 0 Å². The van der Waals surface area contributed by atoms with Crippen LogP contribution in [0.3, 0.4) is 0 Å². The molecule has 0 radical (unpaired) electrons.